The predicted octanol–water partition coefficient (Wildman–Crippen LogP) is 5.75. The van der Waals surface area contributed by atoms with E-state index in [2.05, 4.69) is 45.7 Å². The number of rotatable bonds is 6. The number of amides is 1. The molecule has 3 aromatic carbocycles. The molecule has 0 saturated carbocycles. The molecule has 1 aromatic heterocycles. The van der Waals surface area contributed by atoms with Gasteiger partial charge in [-0.15, -0.1) is 0 Å². The fourth-order valence-corrected chi connectivity index (χ4v) is 6.62. The van der Waals surface area contributed by atoms with Gasteiger partial charge in [0.15, 0.2) is 0 Å². The van der Waals surface area contributed by atoms with E-state index in [1.807, 2.05) is 41.2 Å². The van der Waals surface area contributed by atoms with E-state index in [1.54, 1.807) is 12.1 Å². The number of likely N-dealkylation sites (tertiary alicyclic amines) is 1. The Hall–Kier alpha value is -3.09. The molecule has 35 heavy (non-hydrogen) atoms. The number of hydrogen-bond donors (Lipinski definition) is 1. The zero-order valence-electron chi connectivity index (χ0n) is 19.5. The summed E-state index contributed by atoms with van der Waals surface area (Å²) in [6.07, 6.45) is 2.59. The standard InChI is InChI=1S/C29H28FN3OS/c30-27-10-9-21(13-22-7-4-8-28-25(22)11-12-31-28)14-26(27)29(34)32-15-23-17-33(18-24(23)16-32)35-19-20-5-2-1-3-6-20/h1-12,14,23-24,31H,13,15-19H2. The number of benzene rings is 3. The van der Waals surface area contributed by atoms with Gasteiger partial charge in [0, 0.05) is 49.0 Å². The van der Waals surface area contributed by atoms with Crippen LogP contribution in [0.2, 0.25) is 0 Å². The van der Waals surface area contributed by atoms with Crippen molar-refractivity contribution in [2.75, 3.05) is 26.2 Å². The highest BCUT2D eigenvalue weighted by molar-refractivity contribution is 7.96. The number of nitrogens with zero attached hydrogens (tertiary/aromatic N) is 2. The fourth-order valence-electron chi connectivity index (χ4n) is 5.50. The van der Waals surface area contributed by atoms with Crippen LogP contribution in [0.4, 0.5) is 4.39 Å². The highest BCUT2D eigenvalue weighted by Gasteiger charge is 2.42. The molecule has 2 atom stereocenters. The van der Waals surface area contributed by atoms with Gasteiger partial charge in [0.05, 0.1) is 5.56 Å². The molecule has 2 unspecified atom stereocenters. The van der Waals surface area contributed by atoms with Gasteiger partial charge in [-0.3, -0.25) is 4.79 Å². The minimum absolute atomic E-state index is 0.179. The van der Waals surface area contributed by atoms with Gasteiger partial charge >= 0.3 is 0 Å². The summed E-state index contributed by atoms with van der Waals surface area (Å²) >= 11 is 1.87. The van der Waals surface area contributed by atoms with Crippen LogP contribution < -0.4 is 0 Å². The average Bonchev–Trinajstić information content (AvgIpc) is 3.60. The summed E-state index contributed by atoms with van der Waals surface area (Å²) in [5.41, 5.74) is 4.72. The first kappa shape index (κ1) is 22.4. The number of H-pyrrole nitrogens is 1. The second-order valence-corrected chi connectivity index (χ2v) is 10.7. The monoisotopic (exact) mass is 485 g/mol. The van der Waals surface area contributed by atoms with Gasteiger partial charge < -0.3 is 9.88 Å². The molecule has 0 radical (unpaired) electrons. The van der Waals surface area contributed by atoms with Gasteiger partial charge in [-0.2, -0.15) is 0 Å². The molecule has 2 fully saturated rings. The van der Waals surface area contributed by atoms with Crippen LogP contribution in [-0.2, 0) is 12.2 Å². The van der Waals surface area contributed by atoms with Gasteiger partial charge in [0.2, 0.25) is 0 Å². The third-order valence-electron chi connectivity index (χ3n) is 7.34. The van der Waals surface area contributed by atoms with E-state index in [9.17, 15) is 9.18 Å². The first-order valence-corrected chi connectivity index (χ1v) is 13.1. The van der Waals surface area contributed by atoms with Crippen LogP contribution in [0.1, 0.15) is 27.0 Å². The summed E-state index contributed by atoms with van der Waals surface area (Å²) in [4.78, 5) is 18.4. The Morgan fingerprint density at radius 1 is 0.914 bits per heavy atom. The Morgan fingerprint density at radius 3 is 2.51 bits per heavy atom. The Morgan fingerprint density at radius 2 is 1.71 bits per heavy atom. The fraction of sp³-hybridized carbons (Fsp3) is 0.276. The number of aromatic nitrogens is 1. The lowest BCUT2D eigenvalue weighted by atomic mass is 9.99. The van der Waals surface area contributed by atoms with Crippen molar-refractivity contribution in [3.63, 3.8) is 0 Å². The van der Waals surface area contributed by atoms with E-state index in [0.29, 0.717) is 31.3 Å². The third kappa shape index (κ3) is 4.60. The van der Waals surface area contributed by atoms with E-state index in [0.717, 1.165) is 40.9 Å². The number of fused-ring (bicyclic) bond motifs is 2. The summed E-state index contributed by atoms with van der Waals surface area (Å²) in [6, 6.07) is 23.7. The SMILES string of the molecule is O=C(c1cc(Cc2cccc3[nH]ccc23)ccc1F)N1CC2CN(SCc3ccccc3)CC2C1. The predicted molar refractivity (Wildman–Crippen MR) is 140 cm³/mol. The lowest BCUT2D eigenvalue weighted by molar-refractivity contribution is 0.0774. The maximum absolute atomic E-state index is 14.8. The molecule has 2 aliphatic heterocycles. The zero-order valence-corrected chi connectivity index (χ0v) is 20.3. The molecule has 3 heterocycles. The van der Waals surface area contributed by atoms with Gasteiger partial charge in [0.25, 0.3) is 5.91 Å². The quantitative estimate of drug-likeness (QED) is 0.354. The van der Waals surface area contributed by atoms with E-state index < -0.39 is 5.82 Å². The molecule has 178 valence electrons. The molecule has 6 rings (SSSR count). The average molecular weight is 486 g/mol. The van der Waals surface area contributed by atoms with Crippen LogP contribution in [0, 0.1) is 17.7 Å². The van der Waals surface area contributed by atoms with Gasteiger partial charge in [-0.25, -0.2) is 8.70 Å². The van der Waals surface area contributed by atoms with Crippen LogP contribution in [0.25, 0.3) is 10.9 Å². The number of halogens is 1. The van der Waals surface area contributed by atoms with Crippen LogP contribution in [0.15, 0.2) is 79.0 Å². The Bertz CT molecular complexity index is 1340. The van der Waals surface area contributed by atoms with Crippen LogP contribution >= 0.6 is 11.9 Å². The molecule has 4 nitrogen and oxygen atoms in total. The van der Waals surface area contributed by atoms with Gasteiger partial charge in [0.1, 0.15) is 5.82 Å². The first-order valence-electron chi connectivity index (χ1n) is 12.2. The number of carbonyl (C=O) groups is 1. The first-order chi connectivity index (χ1) is 17.1. The van der Waals surface area contributed by atoms with Crippen LogP contribution in [0.3, 0.4) is 0 Å². The molecular formula is C29H28FN3OS. The molecule has 0 bridgehead atoms. The van der Waals surface area contributed by atoms with Crippen molar-refractivity contribution in [3.8, 4) is 0 Å². The van der Waals surface area contributed by atoms with E-state index in [1.165, 1.54) is 11.6 Å². The second-order valence-electron chi connectivity index (χ2n) is 9.68. The van der Waals surface area contributed by atoms with Crippen molar-refractivity contribution in [3.05, 3.63) is 107 Å². The molecule has 2 aliphatic rings. The normalized spacial score (nSPS) is 20.0. The van der Waals surface area contributed by atoms with E-state index in [4.69, 9.17) is 0 Å². The topological polar surface area (TPSA) is 39.3 Å². The summed E-state index contributed by atoms with van der Waals surface area (Å²) in [6.45, 7) is 3.38. The van der Waals surface area contributed by atoms with Crippen molar-refractivity contribution in [2.24, 2.45) is 11.8 Å². The molecular weight excluding hydrogens is 457 g/mol. The maximum Gasteiger partial charge on any atom is 0.256 e. The van der Waals surface area contributed by atoms with Crippen LogP contribution in [-0.4, -0.2) is 46.3 Å². The molecule has 1 N–H and O–H groups in total. The van der Waals surface area contributed by atoms with E-state index >= 15 is 0 Å². The van der Waals surface area contributed by atoms with Crippen LogP contribution in [0.5, 0.6) is 0 Å². The second kappa shape index (κ2) is 9.51. The van der Waals surface area contributed by atoms with E-state index in [-0.39, 0.29) is 11.5 Å². The Kier molecular flexibility index (Phi) is 6.08. The zero-order chi connectivity index (χ0) is 23.8. The lowest BCUT2D eigenvalue weighted by Crippen LogP contribution is -2.32. The number of aromatic amines is 1. The Balaban J connectivity index is 1.10. The smallest absolute Gasteiger partial charge is 0.256 e. The van der Waals surface area contributed by atoms with Crippen molar-refractivity contribution in [1.29, 1.82) is 0 Å². The summed E-state index contributed by atoms with van der Waals surface area (Å²) in [7, 11) is 0. The largest absolute Gasteiger partial charge is 0.361 e. The number of nitrogens with one attached hydrogen (secondary N) is 1. The summed E-state index contributed by atoms with van der Waals surface area (Å²) in [5, 5.41) is 1.16. The van der Waals surface area contributed by atoms with Crippen molar-refractivity contribution >= 4 is 28.8 Å². The third-order valence-corrected chi connectivity index (χ3v) is 8.46. The van der Waals surface area contributed by atoms with Gasteiger partial charge in [-0.1, -0.05) is 60.5 Å². The maximum atomic E-state index is 14.8. The molecule has 1 amide bonds. The number of hydrogen-bond acceptors (Lipinski definition) is 3. The molecule has 0 aliphatic carbocycles. The van der Waals surface area contributed by atoms with Crippen molar-refractivity contribution in [2.45, 2.75) is 12.2 Å². The minimum Gasteiger partial charge on any atom is -0.361 e. The lowest BCUT2D eigenvalue weighted by Gasteiger charge is -2.21. The molecule has 4 aromatic rings. The summed E-state index contributed by atoms with van der Waals surface area (Å²) < 4.78 is 17.2. The molecule has 0 spiro atoms. The number of carbonyl (C=O) groups excluding carboxylic acids is 1. The van der Waals surface area contributed by atoms with Gasteiger partial charge in [-0.05, 0) is 59.2 Å². The summed E-state index contributed by atoms with van der Waals surface area (Å²) in [5.74, 6) is 1.27. The van der Waals surface area contributed by atoms with Crippen molar-refractivity contribution in [1.82, 2.24) is 14.2 Å². The Labute approximate surface area is 209 Å². The molecule has 6 heteroatoms. The van der Waals surface area contributed by atoms with Crippen molar-refractivity contribution < 1.29 is 9.18 Å². The molecule has 2 saturated heterocycles. The highest BCUT2D eigenvalue weighted by Crippen LogP contribution is 2.36. The minimum atomic E-state index is -0.435. The highest BCUT2D eigenvalue weighted by atomic mass is 32.2.